The van der Waals surface area contributed by atoms with E-state index in [2.05, 4.69) is 0 Å². The fraction of sp³-hybridized carbons (Fsp3) is 0.625. The standard InChI is InChI=1S/C16H24O8/c1-9(2)7-23-13(17)5-11(15(19)20)12(16(21)22)6-14(18)24-8-10(3)4/h9-10H,5-8H2,1-4H3,(H,19,20)(H,21,22). The highest BCUT2D eigenvalue weighted by molar-refractivity contribution is 6.04. The second-order valence-electron chi connectivity index (χ2n) is 6.07. The van der Waals surface area contributed by atoms with Gasteiger partial charge in [-0.1, -0.05) is 27.7 Å². The first kappa shape index (κ1) is 21.6. The Morgan fingerprint density at radius 1 is 0.708 bits per heavy atom. The average molecular weight is 344 g/mol. The van der Waals surface area contributed by atoms with Crippen molar-refractivity contribution in [1.29, 1.82) is 0 Å². The molecule has 0 bridgehead atoms. The lowest BCUT2D eigenvalue weighted by molar-refractivity contribution is -0.147. The maximum absolute atomic E-state index is 11.7. The smallest absolute Gasteiger partial charge is 0.332 e. The van der Waals surface area contributed by atoms with E-state index in [1.165, 1.54) is 0 Å². The van der Waals surface area contributed by atoms with Gasteiger partial charge in [-0.25, -0.2) is 9.59 Å². The van der Waals surface area contributed by atoms with Gasteiger partial charge in [-0.3, -0.25) is 9.59 Å². The average Bonchev–Trinajstić information content (AvgIpc) is 2.45. The quantitative estimate of drug-likeness (QED) is 0.452. The molecule has 0 saturated heterocycles. The van der Waals surface area contributed by atoms with Crippen molar-refractivity contribution in [3.63, 3.8) is 0 Å². The molecule has 0 aromatic heterocycles. The Labute approximate surface area is 140 Å². The molecule has 0 aliphatic heterocycles. The summed E-state index contributed by atoms with van der Waals surface area (Å²) in [5.41, 5.74) is -1.37. The fourth-order valence-corrected chi connectivity index (χ4v) is 1.53. The minimum atomic E-state index is -1.59. The number of carbonyl (C=O) groups is 4. The van der Waals surface area contributed by atoms with Gasteiger partial charge in [0.1, 0.15) is 0 Å². The van der Waals surface area contributed by atoms with Crippen LogP contribution in [0.3, 0.4) is 0 Å². The van der Waals surface area contributed by atoms with Gasteiger partial charge in [-0.2, -0.15) is 0 Å². The molecule has 0 aromatic rings. The lowest BCUT2D eigenvalue weighted by Crippen LogP contribution is -2.20. The van der Waals surface area contributed by atoms with Crippen molar-refractivity contribution in [1.82, 2.24) is 0 Å². The molecule has 8 heteroatoms. The summed E-state index contributed by atoms with van der Waals surface area (Å²) in [6, 6.07) is 0. The number of carboxylic acid groups (broad SMARTS) is 2. The zero-order valence-electron chi connectivity index (χ0n) is 14.3. The first-order chi connectivity index (χ1) is 11.0. The van der Waals surface area contributed by atoms with Gasteiger partial charge in [0.2, 0.25) is 0 Å². The molecule has 0 amide bonds. The molecule has 0 radical (unpaired) electrons. The Bertz CT molecular complexity index is 470. The molecule has 0 spiro atoms. The molecule has 0 heterocycles. The molecule has 2 N–H and O–H groups in total. The van der Waals surface area contributed by atoms with Crippen molar-refractivity contribution in [2.45, 2.75) is 40.5 Å². The molecule has 0 atom stereocenters. The maximum Gasteiger partial charge on any atom is 0.332 e. The van der Waals surface area contributed by atoms with Crippen LogP contribution in [0.4, 0.5) is 0 Å². The molecule has 136 valence electrons. The fourth-order valence-electron chi connectivity index (χ4n) is 1.53. The molecule has 8 nitrogen and oxygen atoms in total. The normalized spacial score (nSPS) is 11.9. The zero-order valence-corrected chi connectivity index (χ0v) is 14.3. The van der Waals surface area contributed by atoms with Crippen LogP contribution in [-0.4, -0.2) is 47.3 Å². The van der Waals surface area contributed by atoms with E-state index in [1.807, 2.05) is 0 Å². The van der Waals surface area contributed by atoms with Gasteiger partial charge in [-0.15, -0.1) is 0 Å². The van der Waals surface area contributed by atoms with E-state index in [1.54, 1.807) is 27.7 Å². The van der Waals surface area contributed by atoms with Gasteiger partial charge in [0, 0.05) is 0 Å². The summed E-state index contributed by atoms with van der Waals surface area (Å²) in [4.78, 5) is 45.9. The number of ether oxygens (including phenoxy) is 2. The van der Waals surface area contributed by atoms with Crippen LogP contribution in [0.1, 0.15) is 40.5 Å². The predicted molar refractivity (Wildman–Crippen MR) is 83.1 cm³/mol. The van der Waals surface area contributed by atoms with E-state index < -0.39 is 47.9 Å². The van der Waals surface area contributed by atoms with Gasteiger partial charge >= 0.3 is 23.9 Å². The number of esters is 2. The van der Waals surface area contributed by atoms with Crippen molar-refractivity contribution in [2.75, 3.05) is 13.2 Å². The van der Waals surface area contributed by atoms with Crippen LogP contribution in [0.2, 0.25) is 0 Å². The van der Waals surface area contributed by atoms with Gasteiger partial charge in [0.15, 0.2) is 0 Å². The van der Waals surface area contributed by atoms with E-state index in [0.717, 1.165) is 0 Å². The molecule has 0 fully saturated rings. The number of rotatable bonds is 10. The Balaban J connectivity index is 5.22. The number of carbonyl (C=O) groups excluding carboxylic acids is 2. The molecular weight excluding hydrogens is 320 g/mol. The van der Waals surface area contributed by atoms with Gasteiger partial charge in [-0.05, 0) is 11.8 Å². The third-order valence-corrected chi connectivity index (χ3v) is 2.68. The Morgan fingerprint density at radius 2 is 1.00 bits per heavy atom. The Morgan fingerprint density at radius 3 is 1.21 bits per heavy atom. The molecule has 0 aliphatic rings. The SMILES string of the molecule is CC(C)COC(=O)CC(C(=O)O)=C(CC(=O)OCC(C)C)C(=O)O. The lowest BCUT2D eigenvalue weighted by Gasteiger charge is -2.11. The van der Waals surface area contributed by atoms with E-state index in [4.69, 9.17) is 19.7 Å². The first-order valence-corrected chi connectivity index (χ1v) is 7.54. The third kappa shape index (κ3) is 8.92. The van der Waals surface area contributed by atoms with Crippen LogP contribution in [0, 0.1) is 11.8 Å². The summed E-state index contributed by atoms with van der Waals surface area (Å²) in [7, 11) is 0. The highest BCUT2D eigenvalue weighted by atomic mass is 16.5. The van der Waals surface area contributed by atoms with E-state index >= 15 is 0 Å². The zero-order chi connectivity index (χ0) is 18.9. The number of hydrogen-bond acceptors (Lipinski definition) is 6. The second kappa shape index (κ2) is 10.4. The number of hydrogen-bond donors (Lipinski definition) is 2. The number of carboxylic acids is 2. The minimum Gasteiger partial charge on any atom is -0.478 e. The van der Waals surface area contributed by atoms with Crippen LogP contribution >= 0.6 is 0 Å². The second-order valence-corrected chi connectivity index (χ2v) is 6.07. The highest BCUT2D eigenvalue weighted by Crippen LogP contribution is 2.16. The topological polar surface area (TPSA) is 127 Å². The van der Waals surface area contributed by atoms with Gasteiger partial charge < -0.3 is 19.7 Å². The van der Waals surface area contributed by atoms with Crippen LogP contribution in [0.15, 0.2) is 11.1 Å². The largest absolute Gasteiger partial charge is 0.478 e. The van der Waals surface area contributed by atoms with E-state index in [0.29, 0.717) is 0 Å². The molecule has 0 unspecified atom stereocenters. The summed E-state index contributed by atoms with van der Waals surface area (Å²) in [6.07, 6.45) is -1.47. The molecule has 0 saturated carbocycles. The van der Waals surface area contributed by atoms with E-state index in [9.17, 15) is 19.2 Å². The highest BCUT2D eigenvalue weighted by Gasteiger charge is 2.26. The van der Waals surface area contributed by atoms with Crippen molar-refractivity contribution in [3.8, 4) is 0 Å². The van der Waals surface area contributed by atoms with Crippen LogP contribution < -0.4 is 0 Å². The molecule has 0 rings (SSSR count). The first-order valence-electron chi connectivity index (χ1n) is 7.54. The van der Waals surface area contributed by atoms with Crippen molar-refractivity contribution < 1.29 is 38.9 Å². The van der Waals surface area contributed by atoms with Crippen molar-refractivity contribution in [3.05, 3.63) is 11.1 Å². The van der Waals surface area contributed by atoms with Crippen LogP contribution in [0.5, 0.6) is 0 Å². The maximum atomic E-state index is 11.7. The summed E-state index contributed by atoms with van der Waals surface area (Å²) in [5.74, 6) is -4.81. The minimum absolute atomic E-state index is 0.0520. The summed E-state index contributed by atoms with van der Waals surface area (Å²) < 4.78 is 9.70. The van der Waals surface area contributed by atoms with Gasteiger partial charge in [0.25, 0.3) is 0 Å². The monoisotopic (exact) mass is 344 g/mol. The third-order valence-electron chi connectivity index (χ3n) is 2.68. The van der Waals surface area contributed by atoms with Crippen LogP contribution in [-0.2, 0) is 28.7 Å². The van der Waals surface area contributed by atoms with Gasteiger partial charge in [0.05, 0.1) is 37.2 Å². The molecule has 24 heavy (non-hydrogen) atoms. The molecular formula is C16H24O8. The van der Waals surface area contributed by atoms with Crippen molar-refractivity contribution >= 4 is 23.9 Å². The molecule has 0 aromatic carbocycles. The van der Waals surface area contributed by atoms with Crippen LogP contribution in [0.25, 0.3) is 0 Å². The predicted octanol–water partition coefficient (Wildman–Crippen LogP) is 1.63. The Kier molecular flexibility index (Phi) is 9.37. The summed E-state index contributed by atoms with van der Waals surface area (Å²) in [5, 5.41) is 18.3. The molecule has 0 aliphatic carbocycles. The van der Waals surface area contributed by atoms with Crippen molar-refractivity contribution in [2.24, 2.45) is 11.8 Å². The Hall–Kier alpha value is -2.38. The summed E-state index contributed by atoms with van der Waals surface area (Å²) in [6.45, 7) is 7.38. The lowest BCUT2D eigenvalue weighted by atomic mass is 10.0. The van der Waals surface area contributed by atoms with E-state index in [-0.39, 0.29) is 25.0 Å². The summed E-state index contributed by atoms with van der Waals surface area (Å²) >= 11 is 0. The number of aliphatic carboxylic acids is 2.